The Kier molecular flexibility index (Phi) is 13.7. The molecule has 0 aromatic heterocycles. The maximum Gasteiger partial charge on any atom is 0.408 e. The van der Waals surface area contributed by atoms with Crippen molar-refractivity contribution < 1.29 is 38.6 Å². The Morgan fingerprint density at radius 2 is 1.43 bits per heavy atom. The molecule has 8 N–H and O–H groups in total. The molecule has 6 rings (SSSR count). The van der Waals surface area contributed by atoms with Crippen LogP contribution < -0.4 is 32.3 Å². The number of imide groups is 1. The first-order valence-electron chi connectivity index (χ1n) is 19.3. The number of carbonyl (C=O) groups excluding carboxylic acids is 6. The lowest BCUT2D eigenvalue weighted by Crippen LogP contribution is -2.64. The first-order valence-corrected chi connectivity index (χ1v) is 20.7. The van der Waals surface area contributed by atoms with Gasteiger partial charge >= 0.3 is 6.09 Å². The van der Waals surface area contributed by atoms with Crippen LogP contribution >= 0.6 is 11.8 Å². The first-order chi connectivity index (χ1) is 26.4. The SMILES string of the molecule is CSCC[C@@H](NC(=O)[C@H](Cc1ccc(O)cc1)NC(=O)OC(C)(C)C)C(=O)NCC(=O)N[C@@H](Cc1ccccc1)C(=O)NC(=O)C12CC3CC(CC(N)(C3)C1)C2. The Hall–Kier alpha value is -4.63. The molecule has 4 bridgehead atoms. The van der Waals surface area contributed by atoms with Gasteiger partial charge in [-0.05, 0) is 113 Å². The number of ether oxygens (including phenoxy) is 1. The summed E-state index contributed by atoms with van der Waals surface area (Å²) in [6.07, 6.45) is 6.18. The molecular formula is C41H56N6O8S. The van der Waals surface area contributed by atoms with Crippen LogP contribution in [0.5, 0.6) is 5.75 Å². The third-order valence-electron chi connectivity index (χ3n) is 10.8. The van der Waals surface area contributed by atoms with Gasteiger partial charge in [-0.15, -0.1) is 0 Å². The highest BCUT2D eigenvalue weighted by atomic mass is 32.2. The van der Waals surface area contributed by atoms with Gasteiger partial charge in [0, 0.05) is 18.4 Å². The van der Waals surface area contributed by atoms with Gasteiger partial charge in [0.05, 0.1) is 12.0 Å². The second kappa shape index (κ2) is 18.1. The predicted molar refractivity (Wildman–Crippen MR) is 212 cm³/mol. The van der Waals surface area contributed by atoms with Crippen molar-refractivity contribution in [2.45, 2.75) is 108 Å². The number of phenols is 1. The van der Waals surface area contributed by atoms with Crippen LogP contribution in [0.25, 0.3) is 0 Å². The molecule has 0 spiro atoms. The molecule has 4 saturated carbocycles. The molecular weight excluding hydrogens is 737 g/mol. The second-order valence-electron chi connectivity index (χ2n) is 16.9. The summed E-state index contributed by atoms with van der Waals surface area (Å²) >= 11 is 1.46. The van der Waals surface area contributed by atoms with Crippen molar-refractivity contribution in [2.75, 3.05) is 18.6 Å². The second-order valence-corrected chi connectivity index (χ2v) is 17.8. The lowest BCUT2D eigenvalue weighted by Gasteiger charge is -2.60. The van der Waals surface area contributed by atoms with Gasteiger partial charge in [-0.25, -0.2) is 4.79 Å². The predicted octanol–water partition coefficient (Wildman–Crippen LogP) is 2.85. The zero-order chi connectivity index (χ0) is 40.7. The molecule has 2 aromatic rings. The van der Waals surface area contributed by atoms with Crippen molar-refractivity contribution in [3.8, 4) is 5.75 Å². The number of thioether (sulfide) groups is 1. The van der Waals surface area contributed by atoms with Crippen molar-refractivity contribution in [3.05, 3.63) is 65.7 Å². The zero-order valence-electron chi connectivity index (χ0n) is 32.7. The molecule has 56 heavy (non-hydrogen) atoms. The number of aromatic hydroxyl groups is 1. The van der Waals surface area contributed by atoms with E-state index >= 15 is 0 Å². The molecule has 4 fully saturated rings. The Morgan fingerprint density at radius 3 is 2.02 bits per heavy atom. The number of carbonyl (C=O) groups is 6. The number of phenolic OH excluding ortho intramolecular Hbond substituents is 1. The molecule has 0 saturated heterocycles. The number of alkyl carbamates (subject to hydrolysis) is 1. The van der Waals surface area contributed by atoms with E-state index in [1.165, 1.54) is 23.9 Å². The van der Waals surface area contributed by atoms with Gasteiger partial charge in [-0.2, -0.15) is 11.8 Å². The molecule has 0 radical (unpaired) electrons. The van der Waals surface area contributed by atoms with Crippen LogP contribution in [-0.2, 0) is 41.6 Å². The highest BCUT2D eigenvalue weighted by Gasteiger charge is 2.59. The molecule has 5 atom stereocenters. The molecule has 4 aliphatic carbocycles. The van der Waals surface area contributed by atoms with Crippen molar-refractivity contribution in [2.24, 2.45) is 23.0 Å². The van der Waals surface area contributed by atoms with E-state index in [1.807, 2.05) is 36.6 Å². The standard InChI is InChI=1S/C41H56N6O8S/c1-39(2,3)55-38(54)46-32(18-26-10-12-29(48)13-11-26)35(51)45-30(14-15-56-4)34(50)43-23-33(49)44-31(17-25-8-6-5-7-9-25)36(52)47-37(53)40-19-27-16-28(20-40)22-41(42,21-27)24-40/h5-13,27-28,30-32,48H,14-24,42H2,1-4H3,(H,43,50)(H,44,49)(H,45,51)(H,46,54)(H,47,52,53)/t27?,28?,30-,31+,32+,40?,41?/m1/s1. The van der Waals surface area contributed by atoms with Crippen LogP contribution in [-0.4, -0.2) is 88.6 Å². The number of nitrogens with one attached hydrogen (secondary N) is 5. The van der Waals surface area contributed by atoms with E-state index in [0.717, 1.165) is 24.8 Å². The minimum atomic E-state index is -1.14. The number of nitrogens with two attached hydrogens (primary N) is 1. The molecule has 2 unspecified atom stereocenters. The number of amides is 6. The summed E-state index contributed by atoms with van der Waals surface area (Å²) in [5.41, 5.74) is 6.19. The molecule has 4 aliphatic rings. The normalized spacial score (nSPS) is 23.9. The summed E-state index contributed by atoms with van der Waals surface area (Å²) in [5.74, 6) is -1.68. The Balaban J connectivity index is 1.23. The molecule has 0 aliphatic heterocycles. The Labute approximate surface area is 332 Å². The summed E-state index contributed by atoms with van der Waals surface area (Å²) < 4.78 is 5.37. The van der Waals surface area contributed by atoms with Gasteiger partial charge in [0.25, 0.3) is 0 Å². The maximum absolute atomic E-state index is 13.8. The highest BCUT2D eigenvalue weighted by molar-refractivity contribution is 7.98. The summed E-state index contributed by atoms with van der Waals surface area (Å²) in [6, 6.07) is 11.9. The summed E-state index contributed by atoms with van der Waals surface area (Å²) in [4.78, 5) is 80.8. The van der Waals surface area contributed by atoms with E-state index < -0.39 is 70.9 Å². The summed E-state index contributed by atoms with van der Waals surface area (Å²) in [7, 11) is 0. The lowest BCUT2D eigenvalue weighted by atomic mass is 9.47. The third-order valence-corrected chi connectivity index (χ3v) is 11.5. The van der Waals surface area contributed by atoms with E-state index in [0.29, 0.717) is 42.4 Å². The fourth-order valence-corrected chi connectivity index (χ4v) is 9.30. The van der Waals surface area contributed by atoms with Crippen LogP contribution in [0, 0.1) is 17.3 Å². The van der Waals surface area contributed by atoms with Gasteiger partial charge in [0.2, 0.25) is 29.5 Å². The van der Waals surface area contributed by atoms with Crippen LogP contribution in [0.1, 0.15) is 76.8 Å². The minimum absolute atomic E-state index is 0.0351. The fraction of sp³-hybridized carbons (Fsp3) is 0.561. The van der Waals surface area contributed by atoms with Crippen LogP contribution in [0.3, 0.4) is 0 Å². The lowest BCUT2D eigenvalue weighted by molar-refractivity contribution is -0.151. The number of benzene rings is 2. The quantitative estimate of drug-likeness (QED) is 0.132. The van der Waals surface area contributed by atoms with E-state index in [2.05, 4.69) is 26.6 Å². The first kappa shape index (κ1) is 42.5. The Bertz CT molecular complexity index is 1740. The van der Waals surface area contributed by atoms with Gasteiger partial charge in [-0.3, -0.25) is 29.3 Å². The number of hydrogen-bond acceptors (Lipinski definition) is 10. The van der Waals surface area contributed by atoms with Gasteiger partial charge in [0.1, 0.15) is 29.5 Å². The fourth-order valence-electron chi connectivity index (χ4n) is 8.83. The smallest absolute Gasteiger partial charge is 0.408 e. The maximum atomic E-state index is 13.8. The average Bonchev–Trinajstić information content (AvgIpc) is 3.11. The van der Waals surface area contributed by atoms with Crippen molar-refractivity contribution >= 4 is 47.4 Å². The van der Waals surface area contributed by atoms with E-state index in [9.17, 15) is 33.9 Å². The highest BCUT2D eigenvalue weighted by Crippen LogP contribution is 2.60. The van der Waals surface area contributed by atoms with E-state index in [4.69, 9.17) is 10.5 Å². The van der Waals surface area contributed by atoms with E-state index in [-0.39, 0.29) is 30.9 Å². The molecule has 15 heteroatoms. The third kappa shape index (κ3) is 11.7. The van der Waals surface area contributed by atoms with Gasteiger partial charge < -0.3 is 36.8 Å². The number of rotatable bonds is 16. The molecule has 304 valence electrons. The minimum Gasteiger partial charge on any atom is -0.508 e. The van der Waals surface area contributed by atoms with Crippen LogP contribution in [0.4, 0.5) is 4.79 Å². The van der Waals surface area contributed by atoms with Crippen molar-refractivity contribution in [3.63, 3.8) is 0 Å². The van der Waals surface area contributed by atoms with Crippen LogP contribution in [0.15, 0.2) is 54.6 Å². The monoisotopic (exact) mass is 792 g/mol. The summed E-state index contributed by atoms with van der Waals surface area (Å²) in [5, 5.41) is 22.9. The topological polar surface area (TPSA) is 218 Å². The Morgan fingerprint density at radius 1 is 0.821 bits per heavy atom. The van der Waals surface area contributed by atoms with E-state index in [1.54, 1.807) is 32.9 Å². The average molecular weight is 793 g/mol. The van der Waals surface area contributed by atoms with Gasteiger partial charge in [0.15, 0.2) is 0 Å². The molecule has 2 aromatic carbocycles. The molecule has 14 nitrogen and oxygen atoms in total. The zero-order valence-corrected chi connectivity index (χ0v) is 33.5. The summed E-state index contributed by atoms with van der Waals surface area (Å²) in [6.45, 7) is 4.56. The molecule has 0 heterocycles. The van der Waals surface area contributed by atoms with Crippen LogP contribution in [0.2, 0.25) is 0 Å². The molecule has 6 amide bonds. The largest absolute Gasteiger partial charge is 0.508 e. The van der Waals surface area contributed by atoms with Gasteiger partial charge in [-0.1, -0.05) is 42.5 Å². The van der Waals surface area contributed by atoms with Crippen molar-refractivity contribution in [1.82, 2.24) is 26.6 Å². The van der Waals surface area contributed by atoms with Crippen molar-refractivity contribution in [1.29, 1.82) is 0 Å². The number of hydrogen-bond donors (Lipinski definition) is 7.